The number of nitrogens with zero attached hydrogens (tertiary/aromatic N) is 2. The normalized spacial score (nSPS) is 17.1. The SMILES string of the molecule is COc1ccc(/C(O)=C2/C(=O)C(=O)N(c3cccc(NC(C)=O)c3)C2c2ccncc2)cc1C(C)(C)C. The number of carbonyl (C=O) groups is 3. The Morgan fingerprint density at radius 2 is 1.76 bits per heavy atom. The van der Waals surface area contributed by atoms with Crippen LogP contribution in [0.3, 0.4) is 0 Å². The third-order valence-corrected chi connectivity index (χ3v) is 6.19. The third kappa shape index (κ3) is 4.95. The Morgan fingerprint density at radius 3 is 2.38 bits per heavy atom. The van der Waals surface area contributed by atoms with Gasteiger partial charge in [0.1, 0.15) is 11.5 Å². The number of hydrogen-bond donors (Lipinski definition) is 2. The summed E-state index contributed by atoms with van der Waals surface area (Å²) in [6.45, 7) is 7.45. The van der Waals surface area contributed by atoms with Gasteiger partial charge in [0, 0.05) is 41.8 Å². The number of amides is 2. The Balaban J connectivity index is 1.93. The molecule has 8 heteroatoms. The zero-order valence-corrected chi connectivity index (χ0v) is 21.4. The Hall–Kier alpha value is -4.46. The summed E-state index contributed by atoms with van der Waals surface area (Å²) in [4.78, 5) is 43.8. The van der Waals surface area contributed by atoms with E-state index in [0.29, 0.717) is 28.3 Å². The first-order valence-electron chi connectivity index (χ1n) is 11.8. The number of anilines is 2. The van der Waals surface area contributed by atoms with Crippen molar-refractivity contribution in [2.75, 3.05) is 17.3 Å². The summed E-state index contributed by atoms with van der Waals surface area (Å²) in [5.74, 6) is -1.48. The minimum atomic E-state index is -0.907. The number of carbonyl (C=O) groups excluding carboxylic acids is 3. The molecule has 2 amide bonds. The number of ketones is 1. The van der Waals surface area contributed by atoms with Crippen LogP contribution in [0.25, 0.3) is 5.76 Å². The lowest BCUT2D eigenvalue weighted by Gasteiger charge is -2.26. The van der Waals surface area contributed by atoms with E-state index in [2.05, 4.69) is 10.3 Å². The summed E-state index contributed by atoms with van der Waals surface area (Å²) in [7, 11) is 1.58. The lowest BCUT2D eigenvalue weighted by molar-refractivity contribution is -0.132. The van der Waals surface area contributed by atoms with Crippen molar-refractivity contribution in [1.82, 2.24) is 4.98 Å². The molecule has 8 nitrogen and oxygen atoms in total. The molecule has 2 heterocycles. The summed E-state index contributed by atoms with van der Waals surface area (Å²) < 4.78 is 5.51. The molecule has 0 aliphatic carbocycles. The van der Waals surface area contributed by atoms with Gasteiger partial charge in [-0.25, -0.2) is 0 Å². The van der Waals surface area contributed by atoms with Crippen LogP contribution in [-0.4, -0.2) is 34.8 Å². The van der Waals surface area contributed by atoms with Gasteiger partial charge in [-0.1, -0.05) is 26.8 Å². The minimum absolute atomic E-state index is 0.0360. The van der Waals surface area contributed by atoms with E-state index in [-0.39, 0.29) is 22.7 Å². The summed E-state index contributed by atoms with van der Waals surface area (Å²) in [6, 6.07) is 14.3. The zero-order valence-electron chi connectivity index (χ0n) is 21.4. The van der Waals surface area contributed by atoms with Gasteiger partial charge in [-0.2, -0.15) is 0 Å². The molecule has 0 bridgehead atoms. The number of Topliss-reactive ketones (excluding diaryl/α,β-unsaturated/α-hetero) is 1. The van der Waals surface area contributed by atoms with E-state index in [9.17, 15) is 19.5 Å². The number of nitrogens with one attached hydrogen (secondary N) is 1. The molecule has 1 aliphatic rings. The molecule has 1 aromatic heterocycles. The van der Waals surface area contributed by atoms with Crippen molar-refractivity contribution >= 4 is 34.7 Å². The van der Waals surface area contributed by atoms with Gasteiger partial charge < -0.3 is 15.2 Å². The monoisotopic (exact) mass is 499 g/mol. The maximum absolute atomic E-state index is 13.4. The highest BCUT2D eigenvalue weighted by molar-refractivity contribution is 6.51. The Morgan fingerprint density at radius 1 is 1.05 bits per heavy atom. The molecule has 37 heavy (non-hydrogen) atoms. The molecule has 3 aromatic rings. The van der Waals surface area contributed by atoms with Crippen LogP contribution in [0.5, 0.6) is 5.75 Å². The molecular formula is C29H29N3O5. The molecule has 2 N–H and O–H groups in total. The first-order chi connectivity index (χ1) is 17.5. The van der Waals surface area contributed by atoms with Gasteiger partial charge in [0.25, 0.3) is 11.7 Å². The summed E-state index contributed by atoms with van der Waals surface area (Å²) in [5, 5.41) is 14.2. The van der Waals surface area contributed by atoms with E-state index < -0.39 is 17.7 Å². The minimum Gasteiger partial charge on any atom is -0.507 e. The number of aliphatic hydroxyl groups excluding tert-OH is 1. The predicted molar refractivity (Wildman–Crippen MR) is 141 cm³/mol. The van der Waals surface area contributed by atoms with E-state index in [4.69, 9.17) is 4.74 Å². The number of hydrogen-bond acceptors (Lipinski definition) is 6. The van der Waals surface area contributed by atoms with Crippen LogP contribution >= 0.6 is 0 Å². The number of benzene rings is 2. The molecule has 1 aliphatic heterocycles. The van der Waals surface area contributed by atoms with Crippen molar-refractivity contribution in [2.45, 2.75) is 39.2 Å². The van der Waals surface area contributed by atoms with Crippen LogP contribution in [0.2, 0.25) is 0 Å². The number of methoxy groups -OCH3 is 1. The number of aromatic nitrogens is 1. The molecule has 1 fully saturated rings. The lowest BCUT2D eigenvalue weighted by Crippen LogP contribution is -2.29. The number of rotatable bonds is 5. The van der Waals surface area contributed by atoms with Gasteiger partial charge in [-0.15, -0.1) is 0 Å². The van der Waals surface area contributed by atoms with Gasteiger partial charge >= 0.3 is 0 Å². The van der Waals surface area contributed by atoms with Crippen molar-refractivity contribution in [2.24, 2.45) is 0 Å². The van der Waals surface area contributed by atoms with Gasteiger partial charge in [-0.05, 0) is 59.5 Å². The molecule has 4 rings (SSSR count). The molecule has 2 aromatic carbocycles. The van der Waals surface area contributed by atoms with Crippen molar-refractivity contribution in [1.29, 1.82) is 0 Å². The lowest BCUT2D eigenvalue weighted by atomic mass is 9.84. The number of pyridine rings is 1. The van der Waals surface area contributed by atoms with Gasteiger partial charge in [0.15, 0.2) is 0 Å². The highest BCUT2D eigenvalue weighted by Crippen LogP contribution is 2.43. The maximum Gasteiger partial charge on any atom is 0.300 e. The average molecular weight is 500 g/mol. The van der Waals surface area contributed by atoms with Crippen LogP contribution in [0.15, 0.2) is 72.6 Å². The van der Waals surface area contributed by atoms with E-state index >= 15 is 0 Å². The molecule has 1 atom stereocenters. The second-order valence-electron chi connectivity index (χ2n) is 9.85. The van der Waals surface area contributed by atoms with Crippen molar-refractivity contribution in [3.63, 3.8) is 0 Å². The van der Waals surface area contributed by atoms with Crippen LogP contribution in [0.1, 0.15) is 50.4 Å². The maximum atomic E-state index is 13.4. The van der Waals surface area contributed by atoms with Crippen LogP contribution < -0.4 is 15.0 Å². The van der Waals surface area contributed by atoms with E-state index in [0.717, 1.165) is 5.56 Å². The van der Waals surface area contributed by atoms with Gasteiger partial charge in [-0.3, -0.25) is 24.3 Å². The van der Waals surface area contributed by atoms with Crippen LogP contribution in [0.4, 0.5) is 11.4 Å². The Bertz CT molecular complexity index is 1410. The summed E-state index contributed by atoms with van der Waals surface area (Å²) in [6.07, 6.45) is 3.13. The highest BCUT2D eigenvalue weighted by Gasteiger charge is 2.47. The molecular weight excluding hydrogens is 470 g/mol. The first kappa shape index (κ1) is 25.6. The standard InChI is InChI=1S/C29H29N3O5/c1-17(33)31-20-7-6-8-21(16-20)32-25(18-11-13-30-14-12-18)24(27(35)28(32)36)26(34)19-9-10-23(37-5)22(15-19)29(2,3)4/h6-16,25,34H,1-5H3,(H,31,33)/b26-24-. The van der Waals surface area contributed by atoms with Gasteiger partial charge in [0.05, 0.1) is 18.7 Å². The van der Waals surface area contributed by atoms with Crippen molar-refractivity contribution < 1.29 is 24.2 Å². The first-order valence-corrected chi connectivity index (χ1v) is 11.8. The third-order valence-electron chi connectivity index (χ3n) is 6.19. The van der Waals surface area contributed by atoms with E-state index in [1.54, 1.807) is 74.1 Å². The van der Waals surface area contributed by atoms with E-state index in [1.807, 2.05) is 20.8 Å². The average Bonchev–Trinajstić information content (AvgIpc) is 3.13. The fourth-order valence-corrected chi connectivity index (χ4v) is 4.49. The summed E-state index contributed by atoms with van der Waals surface area (Å²) >= 11 is 0. The Labute approximate surface area is 215 Å². The largest absolute Gasteiger partial charge is 0.507 e. The molecule has 1 saturated heterocycles. The smallest absolute Gasteiger partial charge is 0.300 e. The second-order valence-corrected chi connectivity index (χ2v) is 9.85. The van der Waals surface area contributed by atoms with Crippen LogP contribution in [-0.2, 0) is 19.8 Å². The molecule has 0 spiro atoms. The van der Waals surface area contributed by atoms with Crippen LogP contribution in [0, 0.1) is 0 Å². The van der Waals surface area contributed by atoms with Crippen molar-refractivity contribution in [3.05, 3.63) is 89.3 Å². The van der Waals surface area contributed by atoms with Crippen molar-refractivity contribution in [3.8, 4) is 5.75 Å². The van der Waals surface area contributed by atoms with Gasteiger partial charge in [0.2, 0.25) is 5.91 Å². The predicted octanol–water partition coefficient (Wildman–Crippen LogP) is 4.97. The van der Waals surface area contributed by atoms with E-state index in [1.165, 1.54) is 11.8 Å². The zero-order chi connectivity index (χ0) is 26.9. The fraction of sp³-hybridized carbons (Fsp3) is 0.241. The molecule has 0 saturated carbocycles. The topological polar surface area (TPSA) is 109 Å². The second kappa shape index (κ2) is 9.89. The molecule has 190 valence electrons. The summed E-state index contributed by atoms with van der Waals surface area (Å²) in [5.41, 5.74) is 2.38. The molecule has 0 radical (unpaired) electrons. The Kier molecular flexibility index (Phi) is 6.85. The molecule has 1 unspecified atom stereocenters. The highest BCUT2D eigenvalue weighted by atomic mass is 16.5. The number of aliphatic hydroxyl groups is 1. The number of ether oxygens (including phenoxy) is 1. The quantitative estimate of drug-likeness (QED) is 0.291. The fourth-order valence-electron chi connectivity index (χ4n) is 4.49.